The van der Waals surface area contributed by atoms with E-state index < -0.39 is 18.2 Å². The molecule has 0 aromatic rings. The first-order chi connectivity index (χ1) is 5.06. The highest BCUT2D eigenvalue weighted by Crippen LogP contribution is 2.46. The molecule has 0 aromatic heterocycles. The van der Waals surface area contributed by atoms with Crippen LogP contribution >= 0.6 is 0 Å². The summed E-state index contributed by atoms with van der Waals surface area (Å²) in [5.41, 5.74) is 0. The fourth-order valence-corrected chi connectivity index (χ4v) is 0.324. The molecule has 0 rings (SSSR count). The standard InChI is InChI=1S/C4H2F7O/c1-12-2(5,3(6,7)8)4(9,10)11/h1H2. The Labute approximate surface area is 62.1 Å². The maximum absolute atomic E-state index is 12.0. The number of halogens is 7. The summed E-state index contributed by atoms with van der Waals surface area (Å²) in [5, 5.41) is 0. The number of rotatable bonds is 1. The van der Waals surface area contributed by atoms with Gasteiger partial charge in [-0.2, -0.15) is 30.7 Å². The van der Waals surface area contributed by atoms with Crippen LogP contribution in [0.1, 0.15) is 0 Å². The molecule has 0 spiro atoms. The van der Waals surface area contributed by atoms with E-state index in [1.54, 1.807) is 7.11 Å². The van der Waals surface area contributed by atoms with Crippen LogP contribution in [0.4, 0.5) is 30.7 Å². The van der Waals surface area contributed by atoms with Crippen LogP contribution < -0.4 is 0 Å². The average Bonchev–Trinajstić information content (AvgIpc) is 1.81. The normalized spacial score (nSPS) is 15.0. The van der Waals surface area contributed by atoms with Gasteiger partial charge in [0.15, 0.2) is 0 Å². The van der Waals surface area contributed by atoms with Crippen LogP contribution in [-0.2, 0) is 4.74 Å². The summed E-state index contributed by atoms with van der Waals surface area (Å²) in [5.74, 6) is -5.69. The van der Waals surface area contributed by atoms with Gasteiger partial charge in [-0.25, -0.2) is 0 Å². The van der Waals surface area contributed by atoms with Gasteiger partial charge in [0.25, 0.3) is 0 Å². The molecule has 0 amide bonds. The van der Waals surface area contributed by atoms with Crippen LogP contribution in [0.5, 0.6) is 0 Å². The predicted octanol–water partition coefficient (Wildman–Crippen LogP) is 2.58. The van der Waals surface area contributed by atoms with Crippen LogP contribution in [0.3, 0.4) is 0 Å². The van der Waals surface area contributed by atoms with Gasteiger partial charge in [0.05, 0.1) is 7.11 Å². The number of hydrogen-bond acceptors (Lipinski definition) is 1. The minimum Gasteiger partial charge on any atom is -0.329 e. The first-order valence-electron chi connectivity index (χ1n) is 2.32. The second-order valence-corrected chi connectivity index (χ2v) is 1.74. The lowest BCUT2D eigenvalue weighted by molar-refractivity contribution is -0.418. The Balaban J connectivity index is 4.95. The fourth-order valence-electron chi connectivity index (χ4n) is 0.324. The molecule has 0 aromatic carbocycles. The van der Waals surface area contributed by atoms with Crippen molar-refractivity contribution in [3.8, 4) is 0 Å². The minimum absolute atomic E-state index is 1.78. The third-order valence-corrected chi connectivity index (χ3v) is 0.928. The maximum atomic E-state index is 12.0. The van der Waals surface area contributed by atoms with Crippen molar-refractivity contribution in [2.75, 3.05) is 0 Å². The van der Waals surface area contributed by atoms with Crippen molar-refractivity contribution in [2.24, 2.45) is 0 Å². The van der Waals surface area contributed by atoms with Gasteiger partial charge in [0, 0.05) is 0 Å². The molecule has 0 N–H and O–H groups in total. The van der Waals surface area contributed by atoms with Gasteiger partial charge >= 0.3 is 18.2 Å². The lowest BCUT2D eigenvalue weighted by Crippen LogP contribution is -2.54. The SMILES string of the molecule is [CH2]OC(F)(C(F)(F)F)C(F)(F)F. The fraction of sp³-hybridized carbons (Fsp3) is 0.750. The van der Waals surface area contributed by atoms with E-state index in [1.165, 1.54) is 0 Å². The predicted molar refractivity (Wildman–Crippen MR) is 22.4 cm³/mol. The van der Waals surface area contributed by atoms with Crippen molar-refractivity contribution < 1.29 is 35.5 Å². The molecule has 0 saturated heterocycles. The Morgan fingerprint density at radius 2 is 1.00 bits per heavy atom. The third kappa shape index (κ3) is 1.62. The lowest BCUT2D eigenvalue weighted by atomic mass is 10.3. The van der Waals surface area contributed by atoms with E-state index in [0.29, 0.717) is 0 Å². The van der Waals surface area contributed by atoms with Gasteiger partial charge in [-0.3, -0.25) is 0 Å². The highest BCUT2D eigenvalue weighted by atomic mass is 19.4. The average molecular weight is 199 g/mol. The molecule has 0 fully saturated rings. The monoisotopic (exact) mass is 199 g/mol. The van der Waals surface area contributed by atoms with Gasteiger partial charge in [-0.15, -0.1) is 0 Å². The van der Waals surface area contributed by atoms with Gasteiger partial charge < -0.3 is 4.74 Å². The Morgan fingerprint density at radius 3 is 1.00 bits per heavy atom. The van der Waals surface area contributed by atoms with Crippen molar-refractivity contribution in [3.63, 3.8) is 0 Å². The molecule has 1 nitrogen and oxygen atoms in total. The zero-order valence-corrected chi connectivity index (χ0v) is 5.26. The maximum Gasteiger partial charge on any atom is 0.458 e. The van der Waals surface area contributed by atoms with Gasteiger partial charge in [0.2, 0.25) is 0 Å². The molecular weight excluding hydrogens is 197 g/mol. The molecule has 0 saturated carbocycles. The van der Waals surface area contributed by atoms with E-state index in [9.17, 15) is 30.7 Å². The molecule has 12 heavy (non-hydrogen) atoms. The number of ether oxygens (including phenoxy) is 1. The topological polar surface area (TPSA) is 9.23 Å². The van der Waals surface area contributed by atoms with Gasteiger partial charge in [0.1, 0.15) is 0 Å². The van der Waals surface area contributed by atoms with Crippen LogP contribution in [0, 0.1) is 7.11 Å². The summed E-state index contributed by atoms with van der Waals surface area (Å²) in [6.07, 6.45) is -12.4. The van der Waals surface area contributed by atoms with E-state index in [1.807, 2.05) is 0 Å². The highest BCUT2D eigenvalue weighted by molar-refractivity contribution is 4.85. The molecule has 0 atom stereocenters. The van der Waals surface area contributed by atoms with Crippen LogP contribution in [0.15, 0.2) is 0 Å². The van der Waals surface area contributed by atoms with Crippen LogP contribution in [0.25, 0.3) is 0 Å². The van der Waals surface area contributed by atoms with E-state index >= 15 is 0 Å². The Morgan fingerprint density at radius 1 is 0.750 bits per heavy atom. The van der Waals surface area contributed by atoms with Crippen molar-refractivity contribution >= 4 is 0 Å². The molecular formula is C4H2F7O. The molecule has 0 bridgehead atoms. The second-order valence-electron chi connectivity index (χ2n) is 1.74. The first-order valence-corrected chi connectivity index (χ1v) is 2.32. The minimum atomic E-state index is -6.19. The molecule has 0 aliphatic heterocycles. The Hall–Kier alpha value is -0.530. The van der Waals surface area contributed by atoms with E-state index in [2.05, 4.69) is 4.74 Å². The molecule has 73 valence electrons. The highest BCUT2D eigenvalue weighted by Gasteiger charge is 2.74. The summed E-state index contributed by atoms with van der Waals surface area (Å²) >= 11 is 0. The molecule has 8 heteroatoms. The molecule has 1 radical (unpaired) electrons. The lowest BCUT2D eigenvalue weighted by Gasteiger charge is -2.27. The molecule has 0 aliphatic carbocycles. The van der Waals surface area contributed by atoms with Gasteiger partial charge in [-0.05, 0) is 0 Å². The molecule has 0 unspecified atom stereocenters. The van der Waals surface area contributed by atoms with Crippen molar-refractivity contribution in [1.29, 1.82) is 0 Å². The smallest absolute Gasteiger partial charge is 0.329 e. The zero-order chi connectivity index (χ0) is 10.2. The third-order valence-electron chi connectivity index (χ3n) is 0.928. The Bertz CT molecular complexity index is 142. The van der Waals surface area contributed by atoms with E-state index in [4.69, 9.17) is 0 Å². The van der Waals surface area contributed by atoms with Crippen molar-refractivity contribution in [2.45, 2.75) is 18.2 Å². The number of alkyl halides is 7. The molecule has 0 aliphatic rings. The van der Waals surface area contributed by atoms with Gasteiger partial charge in [-0.1, -0.05) is 0 Å². The van der Waals surface area contributed by atoms with Crippen molar-refractivity contribution in [3.05, 3.63) is 7.11 Å². The second kappa shape index (κ2) is 2.75. The first kappa shape index (κ1) is 11.5. The molecule has 0 heterocycles. The largest absolute Gasteiger partial charge is 0.458 e. The van der Waals surface area contributed by atoms with Crippen molar-refractivity contribution in [1.82, 2.24) is 0 Å². The van der Waals surface area contributed by atoms with E-state index in [0.717, 1.165) is 0 Å². The zero-order valence-electron chi connectivity index (χ0n) is 5.26. The summed E-state index contributed by atoms with van der Waals surface area (Å²) in [6, 6.07) is 0. The quantitative estimate of drug-likeness (QED) is 0.589. The summed E-state index contributed by atoms with van der Waals surface area (Å²) in [7, 11) is 1.78. The summed E-state index contributed by atoms with van der Waals surface area (Å²) < 4.78 is 82.5. The van der Waals surface area contributed by atoms with E-state index in [-0.39, 0.29) is 0 Å². The number of hydrogen-bond donors (Lipinski definition) is 0. The Kier molecular flexibility index (Phi) is 2.63. The van der Waals surface area contributed by atoms with Crippen LogP contribution in [0.2, 0.25) is 0 Å². The summed E-state index contributed by atoms with van der Waals surface area (Å²) in [4.78, 5) is 0. The summed E-state index contributed by atoms with van der Waals surface area (Å²) in [6.45, 7) is 0. The van der Waals surface area contributed by atoms with Crippen LogP contribution in [-0.4, -0.2) is 18.2 Å².